The number of sulfonamides is 1. The zero-order valence-electron chi connectivity index (χ0n) is 18.6. The predicted octanol–water partition coefficient (Wildman–Crippen LogP) is 2.85. The summed E-state index contributed by atoms with van der Waals surface area (Å²) in [5.74, 6) is -1.05. The summed E-state index contributed by atoms with van der Waals surface area (Å²) in [6.45, 7) is 1.87. The molecule has 0 saturated heterocycles. The van der Waals surface area contributed by atoms with Crippen LogP contribution in [0.25, 0.3) is 0 Å². The summed E-state index contributed by atoms with van der Waals surface area (Å²) in [4.78, 5) is 26.5. The van der Waals surface area contributed by atoms with Crippen LogP contribution >= 0.6 is 11.3 Å². The maximum absolute atomic E-state index is 13.2. The first-order valence-corrected chi connectivity index (χ1v) is 12.7. The molecule has 0 saturated carbocycles. The SMILES string of the molecule is Cc1ccc(S(=O)(=O)N(C)c2c(C(=O)Nc3sc4c(c3C(N)=O)CCCC4)cnn2C)cc1. The van der Waals surface area contributed by atoms with Gasteiger partial charge in [0.15, 0.2) is 5.82 Å². The van der Waals surface area contributed by atoms with Crippen molar-refractivity contribution in [1.82, 2.24) is 9.78 Å². The summed E-state index contributed by atoms with van der Waals surface area (Å²) in [7, 11) is -0.995. The van der Waals surface area contributed by atoms with E-state index in [2.05, 4.69) is 10.4 Å². The van der Waals surface area contributed by atoms with Crippen LogP contribution in [0.1, 0.15) is 49.6 Å². The third kappa shape index (κ3) is 4.13. The quantitative estimate of drug-likeness (QED) is 0.553. The number of carbonyl (C=O) groups is 2. The number of nitrogens with zero attached hydrogens (tertiary/aromatic N) is 3. The van der Waals surface area contributed by atoms with Crippen LogP contribution in [-0.4, -0.2) is 37.1 Å². The minimum atomic E-state index is -3.93. The van der Waals surface area contributed by atoms with Crippen molar-refractivity contribution < 1.29 is 18.0 Å². The molecule has 0 bridgehead atoms. The van der Waals surface area contributed by atoms with Crippen molar-refractivity contribution >= 4 is 44.0 Å². The van der Waals surface area contributed by atoms with Crippen LogP contribution in [0.3, 0.4) is 0 Å². The largest absolute Gasteiger partial charge is 0.365 e. The molecule has 0 aliphatic heterocycles. The molecular formula is C22H25N5O4S2. The summed E-state index contributed by atoms with van der Waals surface area (Å²) in [5.41, 5.74) is 7.87. The Morgan fingerprint density at radius 2 is 1.85 bits per heavy atom. The van der Waals surface area contributed by atoms with E-state index in [0.717, 1.165) is 46.0 Å². The van der Waals surface area contributed by atoms with E-state index in [1.165, 1.54) is 41.4 Å². The van der Waals surface area contributed by atoms with E-state index in [9.17, 15) is 18.0 Å². The second-order valence-electron chi connectivity index (χ2n) is 8.02. The van der Waals surface area contributed by atoms with Gasteiger partial charge in [-0.3, -0.25) is 18.6 Å². The molecular weight excluding hydrogens is 462 g/mol. The van der Waals surface area contributed by atoms with Crippen LogP contribution in [0.5, 0.6) is 0 Å². The number of rotatable bonds is 6. The van der Waals surface area contributed by atoms with Crippen molar-refractivity contribution in [2.45, 2.75) is 37.5 Å². The third-order valence-corrected chi connectivity index (χ3v) is 8.74. The average Bonchev–Trinajstić information content (AvgIpc) is 3.33. The minimum absolute atomic E-state index is 0.0671. The smallest absolute Gasteiger partial charge is 0.265 e. The van der Waals surface area contributed by atoms with Gasteiger partial charge in [-0.25, -0.2) is 8.42 Å². The molecule has 2 heterocycles. The van der Waals surface area contributed by atoms with Gasteiger partial charge in [-0.2, -0.15) is 5.10 Å². The van der Waals surface area contributed by atoms with Gasteiger partial charge >= 0.3 is 0 Å². The Labute approximate surface area is 196 Å². The molecule has 3 aromatic rings. The van der Waals surface area contributed by atoms with E-state index in [-0.39, 0.29) is 16.3 Å². The van der Waals surface area contributed by atoms with E-state index in [4.69, 9.17) is 5.73 Å². The van der Waals surface area contributed by atoms with Crippen molar-refractivity contribution in [3.63, 3.8) is 0 Å². The first kappa shape index (κ1) is 23.0. The lowest BCUT2D eigenvalue weighted by molar-refractivity contribution is 0.100. The number of nitrogens with one attached hydrogen (secondary N) is 1. The molecule has 1 aliphatic carbocycles. The summed E-state index contributed by atoms with van der Waals surface area (Å²) >= 11 is 1.35. The van der Waals surface area contributed by atoms with Gasteiger partial charge in [-0.1, -0.05) is 17.7 Å². The average molecular weight is 488 g/mol. The lowest BCUT2D eigenvalue weighted by Gasteiger charge is -2.21. The van der Waals surface area contributed by atoms with Crippen LogP contribution in [-0.2, 0) is 29.9 Å². The topological polar surface area (TPSA) is 127 Å². The van der Waals surface area contributed by atoms with Gasteiger partial charge in [0.05, 0.1) is 16.7 Å². The van der Waals surface area contributed by atoms with Gasteiger partial charge in [-0.15, -0.1) is 11.3 Å². The first-order chi connectivity index (χ1) is 15.6. The van der Waals surface area contributed by atoms with Crippen molar-refractivity contribution in [3.8, 4) is 0 Å². The van der Waals surface area contributed by atoms with E-state index < -0.39 is 21.8 Å². The van der Waals surface area contributed by atoms with Gasteiger partial charge in [-0.05, 0) is 50.3 Å². The normalized spacial score (nSPS) is 13.4. The maximum Gasteiger partial charge on any atom is 0.265 e. The number of thiophene rings is 1. The highest BCUT2D eigenvalue weighted by atomic mass is 32.2. The molecule has 2 aromatic heterocycles. The monoisotopic (exact) mass is 487 g/mol. The molecule has 1 aromatic carbocycles. The van der Waals surface area contributed by atoms with Crippen LogP contribution in [0.15, 0.2) is 35.4 Å². The molecule has 9 nitrogen and oxygen atoms in total. The van der Waals surface area contributed by atoms with E-state index in [1.54, 1.807) is 19.2 Å². The number of fused-ring (bicyclic) bond motifs is 1. The Hall–Kier alpha value is -3.18. The number of anilines is 2. The lowest BCUT2D eigenvalue weighted by Crippen LogP contribution is -2.30. The number of primary amides is 1. The van der Waals surface area contributed by atoms with Crippen LogP contribution in [0.2, 0.25) is 0 Å². The summed E-state index contributed by atoms with van der Waals surface area (Å²) in [6, 6.07) is 6.46. The Morgan fingerprint density at radius 1 is 1.18 bits per heavy atom. The number of carbonyl (C=O) groups excluding carboxylic acids is 2. The van der Waals surface area contributed by atoms with Gasteiger partial charge in [0.25, 0.3) is 21.8 Å². The van der Waals surface area contributed by atoms with Crippen molar-refractivity contribution in [2.75, 3.05) is 16.7 Å². The number of aromatic nitrogens is 2. The zero-order valence-corrected chi connectivity index (χ0v) is 20.2. The van der Waals surface area contributed by atoms with Crippen LogP contribution in [0.4, 0.5) is 10.8 Å². The van der Waals surface area contributed by atoms with Crippen molar-refractivity contribution in [1.29, 1.82) is 0 Å². The highest BCUT2D eigenvalue weighted by molar-refractivity contribution is 7.92. The number of hydrogen-bond donors (Lipinski definition) is 2. The van der Waals surface area contributed by atoms with E-state index >= 15 is 0 Å². The van der Waals surface area contributed by atoms with Crippen LogP contribution < -0.4 is 15.4 Å². The van der Waals surface area contributed by atoms with E-state index in [0.29, 0.717) is 10.6 Å². The zero-order chi connectivity index (χ0) is 23.9. The molecule has 33 heavy (non-hydrogen) atoms. The fraction of sp³-hybridized carbons (Fsp3) is 0.318. The molecule has 11 heteroatoms. The van der Waals surface area contributed by atoms with Gasteiger partial charge in [0.1, 0.15) is 10.6 Å². The highest BCUT2D eigenvalue weighted by Gasteiger charge is 2.30. The highest BCUT2D eigenvalue weighted by Crippen LogP contribution is 2.38. The Morgan fingerprint density at radius 3 is 2.52 bits per heavy atom. The molecule has 0 spiro atoms. The Kier molecular flexibility index (Phi) is 6.02. The summed E-state index contributed by atoms with van der Waals surface area (Å²) in [5, 5.41) is 7.27. The second kappa shape index (κ2) is 8.64. The summed E-state index contributed by atoms with van der Waals surface area (Å²) < 4.78 is 28.8. The molecule has 0 atom stereocenters. The fourth-order valence-electron chi connectivity index (χ4n) is 4.03. The van der Waals surface area contributed by atoms with E-state index in [1.807, 2.05) is 6.92 Å². The number of benzene rings is 1. The number of aryl methyl sites for hydroxylation is 3. The third-order valence-electron chi connectivity index (χ3n) is 5.77. The maximum atomic E-state index is 13.2. The molecule has 2 amide bonds. The van der Waals surface area contributed by atoms with Gasteiger partial charge < -0.3 is 11.1 Å². The number of nitrogens with two attached hydrogens (primary N) is 1. The van der Waals surface area contributed by atoms with Crippen molar-refractivity contribution in [2.24, 2.45) is 12.8 Å². The van der Waals surface area contributed by atoms with Gasteiger partial charge in [0, 0.05) is 19.0 Å². The second-order valence-corrected chi connectivity index (χ2v) is 11.1. The number of hydrogen-bond acceptors (Lipinski definition) is 6. The lowest BCUT2D eigenvalue weighted by atomic mass is 9.95. The molecule has 3 N–H and O–H groups in total. The minimum Gasteiger partial charge on any atom is -0.365 e. The Bertz CT molecular complexity index is 1340. The molecule has 0 fully saturated rings. The number of amides is 2. The van der Waals surface area contributed by atoms with Crippen molar-refractivity contribution in [3.05, 3.63) is 57.6 Å². The molecule has 0 radical (unpaired) electrons. The first-order valence-electron chi connectivity index (χ1n) is 10.4. The molecule has 174 valence electrons. The standard InChI is InChI=1S/C22H25N5O4S2/c1-13-8-10-14(11-9-13)33(30,31)27(3)22-16(12-24-26(22)2)20(29)25-21-18(19(23)28)15-6-4-5-7-17(15)32-21/h8-12H,4-7H2,1-3H3,(H2,23,28)(H,25,29). The molecule has 0 unspecified atom stereocenters. The Balaban J connectivity index is 1.69. The molecule has 1 aliphatic rings. The fourth-order valence-corrected chi connectivity index (χ4v) is 6.56. The molecule has 4 rings (SSSR count). The van der Waals surface area contributed by atoms with Crippen LogP contribution in [0, 0.1) is 6.92 Å². The van der Waals surface area contributed by atoms with Gasteiger partial charge in [0.2, 0.25) is 0 Å². The predicted molar refractivity (Wildman–Crippen MR) is 127 cm³/mol. The summed E-state index contributed by atoms with van der Waals surface area (Å²) in [6.07, 6.45) is 4.88.